The first-order valence-corrected chi connectivity index (χ1v) is 11.4. The second kappa shape index (κ2) is 9.56. The summed E-state index contributed by atoms with van der Waals surface area (Å²) in [5, 5.41) is 13.0. The molecule has 30 heavy (non-hydrogen) atoms. The highest BCUT2D eigenvalue weighted by Gasteiger charge is 2.37. The van der Waals surface area contributed by atoms with Crippen LogP contribution >= 0.6 is 11.3 Å². The Morgan fingerprint density at radius 1 is 1.10 bits per heavy atom. The van der Waals surface area contributed by atoms with Crippen LogP contribution in [0.1, 0.15) is 56.9 Å². The molecule has 1 amide bonds. The van der Waals surface area contributed by atoms with E-state index >= 15 is 0 Å². The molecule has 0 spiro atoms. The third-order valence-corrected chi connectivity index (χ3v) is 6.88. The summed E-state index contributed by atoms with van der Waals surface area (Å²) in [6.45, 7) is 8.10. The van der Waals surface area contributed by atoms with Gasteiger partial charge in [-0.05, 0) is 52.0 Å². The number of carboxylic acids is 1. The van der Waals surface area contributed by atoms with Crippen molar-refractivity contribution in [2.45, 2.75) is 59.8 Å². The predicted molar refractivity (Wildman–Crippen MR) is 122 cm³/mol. The molecule has 0 bridgehead atoms. The number of benzene rings is 1. The van der Waals surface area contributed by atoms with Crippen molar-refractivity contribution >= 4 is 28.3 Å². The molecule has 2 N–H and O–H groups in total. The van der Waals surface area contributed by atoms with Crippen molar-refractivity contribution in [3.05, 3.63) is 45.9 Å². The molecule has 0 aliphatic heterocycles. The van der Waals surface area contributed by atoms with Gasteiger partial charge in [0, 0.05) is 10.4 Å². The van der Waals surface area contributed by atoms with Crippen LogP contribution in [-0.4, -0.2) is 22.0 Å². The number of hydrogen-bond donors (Lipinski definition) is 2. The van der Waals surface area contributed by atoms with E-state index in [2.05, 4.69) is 41.5 Å². The highest BCUT2D eigenvalue weighted by Crippen LogP contribution is 2.36. The topological polar surface area (TPSA) is 79.3 Å². The normalized spacial score (nSPS) is 19.1. The molecule has 3 rings (SSSR count). The SMILES string of the molecule is CCCCc1ccc(-c2nc(NC(=O)[C@H]3CC(C)=C(C)C[C@@H]3C(=O)O)sc2C)cc1. The molecule has 1 aliphatic carbocycles. The highest BCUT2D eigenvalue weighted by atomic mass is 32.1. The molecule has 0 saturated heterocycles. The molecule has 0 saturated carbocycles. The zero-order chi connectivity index (χ0) is 21.8. The van der Waals surface area contributed by atoms with Gasteiger partial charge in [-0.25, -0.2) is 4.98 Å². The van der Waals surface area contributed by atoms with E-state index in [-0.39, 0.29) is 5.91 Å². The minimum atomic E-state index is -0.916. The fourth-order valence-electron chi connectivity index (χ4n) is 3.95. The fraction of sp³-hybridized carbons (Fsp3) is 0.458. The molecule has 1 aliphatic rings. The van der Waals surface area contributed by atoms with E-state index in [0.717, 1.165) is 33.7 Å². The van der Waals surface area contributed by atoms with E-state index < -0.39 is 17.8 Å². The van der Waals surface area contributed by atoms with Gasteiger partial charge in [-0.2, -0.15) is 0 Å². The van der Waals surface area contributed by atoms with Crippen molar-refractivity contribution < 1.29 is 14.7 Å². The second-order valence-corrected chi connectivity index (χ2v) is 9.44. The first kappa shape index (κ1) is 22.2. The van der Waals surface area contributed by atoms with Gasteiger partial charge in [-0.3, -0.25) is 9.59 Å². The molecular weight excluding hydrogens is 396 g/mol. The van der Waals surface area contributed by atoms with Gasteiger partial charge in [0.2, 0.25) is 5.91 Å². The van der Waals surface area contributed by atoms with Crippen LogP contribution in [0.25, 0.3) is 11.3 Å². The monoisotopic (exact) mass is 426 g/mol. The van der Waals surface area contributed by atoms with Gasteiger partial charge in [0.05, 0.1) is 17.5 Å². The Morgan fingerprint density at radius 2 is 1.73 bits per heavy atom. The molecule has 160 valence electrons. The minimum Gasteiger partial charge on any atom is -0.481 e. The number of aromatic nitrogens is 1. The lowest BCUT2D eigenvalue weighted by molar-refractivity contribution is -0.146. The average Bonchev–Trinajstić information content (AvgIpc) is 3.08. The van der Waals surface area contributed by atoms with E-state index in [0.29, 0.717) is 18.0 Å². The van der Waals surface area contributed by atoms with E-state index in [4.69, 9.17) is 0 Å². The van der Waals surface area contributed by atoms with E-state index in [1.165, 1.54) is 29.7 Å². The van der Waals surface area contributed by atoms with Crippen molar-refractivity contribution in [2.24, 2.45) is 11.8 Å². The number of aliphatic carboxylic acids is 1. The largest absolute Gasteiger partial charge is 0.481 e. The minimum absolute atomic E-state index is 0.260. The molecule has 6 heteroatoms. The maximum atomic E-state index is 12.9. The third kappa shape index (κ3) is 4.98. The Balaban J connectivity index is 1.75. The van der Waals surface area contributed by atoms with Crippen LogP contribution in [0.5, 0.6) is 0 Å². The van der Waals surface area contributed by atoms with Crippen LogP contribution in [0.4, 0.5) is 5.13 Å². The molecule has 1 heterocycles. The summed E-state index contributed by atoms with van der Waals surface area (Å²) >= 11 is 1.43. The number of hydrogen-bond acceptors (Lipinski definition) is 4. The van der Waals surface area contributed by atoms with Gasteiger partial charge >= 0.3 is 5.97 Å². The lowest BCUT2D eigenvalue weighted by atomic mass is 9.76. The molecular formula is C24H30N2O3S. The lowest BCUT2D eigenvalue weighted by Crippen LogP contribution is -2.36. The van der Waals surface area contributed by atoms with Crippen molar-refractivity contribution in [1.29, 1.82) is 0 Å². The number of carbonyl (C=O) groups is 2. The number of nitrogens with one attached hydrogen (secondary N) is 1. The van der Waals surface area contributed by atoms with Crippen LogP contribution in [0.3, 0.4) is 0 Å². The zero-order valence-corrected chi connectivity index (χ0v) is 18.9. The van der Waals surface area contributed by atoms with Gasteiger partial charge in [-0.1, -0.05) is 48.8 Å². The lowest BCUT2D eigenvalue weighted by Gasteiger charge is -2.29. The number of allylic oxidation sites excluding steroid dienone is 2. The third-order valence-electron chi connectivity index (χ3n) is 5.99. The van der Waals surface area contributed by atoms with Crippen LogP contribution in [0.2, 0.25) is 0 Å². The number of aryl methyl sites for hydroxylation is 2. The summed E-state index contributed by atoms with van der Waals surface area (Å²) in [7, 11) is 0. The Kier molecular flexibility index (Phi) is 7.08. The van der Waals surface area contributed by atoms with E-state index in [1.807, 2.05) is 20.8 Å². The summed E-state index contributed by atoms with van der Waals surface area (Å²) in [6, 6.07) is 8.44. The van der Waals surface area contributed by atoms with Crippen LogP contribution in [0, 0.1) is 18.8 Å². The highest BCUT2D eigenvalue weighted by molar-refractivity contribution is 7.16. The first-order valence-electron chi connectivity index (χ1n) is 10.6. The van der Waals surface area contributed by atoms with Crippen LogP contribution < -0.4 is 5.32 Å². The van der Waals surface area contributed by atoms with Gasteiger partial charge in [0.25, 0.3) is 0 Å². The first-order chi connectivity index (χ1) is 14.3. The molecule has 0 radical (unpaired) electrons. The number of carboxylic acid groups (broad SMARTS) is 1. The number of nitrogens with zero attached hydrogens (tertiary/aromatic N) is 1. The maximum Gasteiger partial charge on any atom is 0.307 e. The van der Waals surface area contributed by atoms with Gasteiger partial charge in [-0.15, -0.1) is 11.3 Å². The van der Waals surface area contributed by atoms with Gasteiger partial charge in [0.15, 0.2) is 5.13 Å². The second-order valence-electron chi connectivity index (χ2n) is 8.23. The average molecular weight is 427 g/mol. The maximum absolute atomic E-state index is 12.9. The summed E-state index contributed by atoms with van der Waals surface area (Å²) < 4.78 is 0. The molecule has 1 aromatic carbocycles. The molecule has 5 nitrogen and oxygen atoms in total. The number of anilines is 1. The van der Waals surface area contributed by atoms with Gasteiger partial charge in [0.1, 0.15) is 0 Å². The number of amides is 1. The number of unbranched alkanes of at least 4 members (excludes halogenated alkanes) is 1. The Labute approximate surface area is 182 Å². The molecule has 1 aromatic heterocycles. The zero-order valence-electron chi connectivity index (χ0n) is 18.1. The number of rotatable bonds is 7. The van der Waals surface area contributed by atoms with Gasteiger partial charge < -0.3 is 10.4 Å². The summed E-state index contributed by atoms with van der Waals surface area (Å²) in [5.41, 5.74) is 5.38. The smallest absolute Gasteiger partial charge is 0.307 e. The summed E-state index contributed by atoms with van der Waals surface area (Å²) in [6.07, 6.45) is 4.33. The Morgan fingerprint density at radius 3 is 2.33 bits per heavy atom. The summed E-state index contributed by atoms with van der Waals surface area (Å²) in [5.74, 6) is -2.44. The molecule has 0 unspecified atom stereocenters. The van der Waals surface area contributed by atoms with E-state index in [9.17, 15) is 14.7 Å². The quantitative estimate of drug-likeness (QED) is 0.545. The molecule has 0 fully saturated rings. The number of thiazole rings is 1. The molecule has 2 atom stereocenters. The predicted octanol–water partition coefficient (Wildman–Crippen LogP) is 5.85. The molecule has 2 aromatic rings. The van der Waals surface area contributed by atoms with Crippen molar-refractivity contribution in [1.82, 2.24) is 4.98 Å². The standard InChI is InChI=1S/C24H30N2O3S/c1-5-6-7-17-8-10-18(11-9-17)21-16(4)30-24(25-21)26-22(27)19-12-14(2)15(3)13-20(19)23(28)29/h8-11,19-20H,5-7,12-13H2,1-4H3,(H,28,29)(H,25,26,27)/t19-,20-/m0/s1. The Hall–Kier alpha value is -2.47. The summed E-state index contributed by atoms with van der Waals surface area (Å²) in [4.78, 5) is 30.3. The Bertz CT molecular complexity index is 959. The number of carbonyl (C=O) groups excluding carboxylic acids is 1. The van der Waals surface area contributed by atoms with Crippen molar-refractivity contribution in [3.8, 4) is 11.3 Å². The van der Waals surface area contributed by atoms with Crippen molar-refractivity contribution in [3.63, 3.8) is 0 Å². The van der Waals surface area contributed by atoms with Crippen molar-refractivity contribution in [2.75, 3.05) is 5.32 Å². The van der Waals surface area contributed by atoms with Crippen LogP contribution in [0.15, 0.2) is 35.4 Å². The van der Waals surface area contributed by atoms with Crippen LogP contribution in [-0.2, 0) is 16.0 Å². The van der Waals surface area contributed by atoms with E-state index in [1.54, 1.807) is 0 Å². The fourth-order valence-corrected chi connectivity index (χ4v) is 4.79.